The second-order valence-corrected chi connectivity index (χ2v) is 6.55. The second kappa shape index (κ2) is 6.12. The molecule has 0 bridgehead atoms. The fourth-order valence-electron chi connectivity index (χ4n) is 3.56. The predicted octanol–water partition coefficient (Wildman–Crippen LogP) is 6.21. The van der Waals surface area contributed by atoms with E-state index in [1.54, 1.807) is 5.57 Å². The SMILES string of the molecule is CCc1ccccc1-c1c(C)ccc2c1C=C(C(C)CC)C2. The molecule has 0 aliphatic heterocycles. The Morgan fingerprint density at radius 1 is 1.05 bits per heavy atom. The summed E-state index contributed by atoms with van der Waals surface area (Å²) in [6, 6.07) is 13.5. The minimum atomic E-state index is 0.682. The molecule has 2 aromatic carbocycles. The lowest BCUT2D eigenvalue weighted by Crippen LogP contribution is -1.97. The molecule has 22 heavy (non-hydrogen) atoms. The Kier molecular flexibility index (Phi) is 4.20. The van der Waals surface area contributed by atoms with E-state index in [9.17, 15) is 0 Å². The van der Waals surface area contributed by atoms with Crippen molar-refractivity contribution in [3.05, 3.63) is 64.2 Å². The fraction of sp³-hybridized carbons (Fsp3) is 0.364. The van der Waals surface area contributed by atoms with Crippen molar-refractivity contribution >= 4 is 6.08 Å². The van der Waals surface area contributed by atoms with Gasteiger partial charge in [-0.3, -0.25) is 0 Å². The number of aryl methyl sites for hydroxylation is 2. The molecule has 1 atom stereocenters. The molecule has 1 aliphatic rings. The van der Waals surface area contributed by atoms with Gasteiger partial charge >= 0.3 is 0 Å². The van der Waals surface area contributed by atoms with Crippen molar-refractivity contribution in [2.45, 2.75) is 47.0 Å². The van der Waals surface area contributed by atoms with E-state index in [-0.39, 0.29) is 0 Å². The summed E-state index contributed by atoms with van der Waals surface area (Å²) in [7, 11) is 0. The molecule has 2 aromatic rings. The lowest BCUT2D eigenvalue weighted by Gasteiger charge is -2.15. The molecular formula is C22H26. The summed E-state index contributed by atoms with van der Waals surface area (Å²) in [6.45, 7) is 9.13. The first-order chi connectivity index (χ1) is 10.7. The Hall–Kier alpha value is -1.82. The van der Waals surface area contributed by atoms with E-state index in [0.717, 1.165) is 12.8 Å². The third kappa shape index (κ3) is 2.52. The average molecular weight is 290 g/mol. The molecule has 0 nitrogen and oxygen atoms in total. The molecule has 114 valence electrons. The molecule has 0 aromatic heterocycles. The molecule has 0 N–H and O–H groups in total. The molecule has 0 saturated heterocycles. The zero-order valence-corrected chi connectivity index (χ0v) is 14.2. The molecule has 0 heteroatoms. The third-order valence-corrected chi connectivity index (χ3v) is 5.18. The van der Waals surface area contributed by atoms with Crippen molar-refractivity contribution in [1.82, 2.24) is 0 Å². The van der Waals surface area contributed by atoms with Crippen LogP contribution in [0.3, 0.4) is 0 Å². The van der Waals surface area contributed by atoms with Crippen LogP contribution in [-0.2, 0) is 12.8 Å². The number of allylic oxidation sites excluding steroid dienone is 1. The van der Waals surface area contributed by atoms with Crippen molar-refractivity contribution in [1.29, 1.82) is 0 Å². The highest BCUT2D eigenvalue weighted by Crippen LogP contribution is 2.39. The summed E-state index contributed by atoms with van der Waals surface area (Å²) >= 11 is 0. The van der Waals surface area contributed by atoms with Gasteiger partial charge in [0.05, 0.1) is 0 Å². The minimum Gasteiger partial charge on any atom is -0.0648 e. The molecule has 0 saturated carbocycles. The minimum absolute atomic E-state index is 0.682. The first kappa shape index (κ1) is 15.1. The van der Waals surface area contributed by atoms with E-state index in [2.05, 4.69) is 70.2 Å². The van der Waals surface area contributed by atoms with Crippen molar-refractivity contribution in [2.24, 2.45) is 5.92 Å². The van der Waals surface area contributed by atoms with Crippen LogP contribution in [-0.4, -0.2) is 0 Å². The summed E-state index contributed by atoms with van der Waals surface area (Å²) in [6.07, 6.45) is 5.91. The number of rotatable bonds is 4. The van der Waals surface area contributed by atoms with Crippen molar-refractivity contribution < 1.29 is 0 Å². The molecule has 0 heterocycles. The van der Waals surface area contributed by atoms with Gasteiger partial charge in [0.1, 0.15) is 0 Å². The van der Waals surface area contributed by atoms with Crippen LogP contribution in [0, 0.1) is 12.8 Å². The van der Waals surface area contributed by atoms with E-state index in [1.165, 1.54) is 39.8 Å². The molecule has 0 spiro atoms. The molecule has 0 radical (unpaired) electrons. The zero-order valence-electron chi connectivity index (χ0n) is 14.2. The first-order valence-electron chi connectivity index (χ1n) is 8.56. The molecule has 1 aliphatic carbocycles. The molecular weight excluding hydrogens is 264 g/mol. The van der Waals surface area contributed by atoms with Crippen LogP contribution in [0.15, 0.2) is 42.0 Å². The van der Waals surface area contributed by atoms with Gasteiger partial charge in [-0.1, -0.05) is 68.8 Å². The normalized spacial score (nSPS) is 14.6. The van der Waals surface area contributed by atoms with Crippen LogP contribution >= 0.6 is 0 Å². The van der Waals surface area contributed by atoms with E-state index >= 15 is 0 Å². The summed E-state index contributed by atoms with van der Waals surface area (Å²) in [5, 5.41) is 0. The largest absolute Gasteiger partial charge is 0.0648 e. The Morgan fingerprint density at radius 2 is 1.82 bits per heavy atom. The topological polar surface area (TPSA) is 0 Å². The zero-order chi connectivity index (χ0) is 15.7. The van der Waals surface area contributed by atoms with Gasteiger partial charge in [-0.2, -0.15) is 0 Å². The van der Waals surface area contributed by atoms with Crippen LogP contribution in [0.4, 0.5) is 0 Å². The summed E-state index contributed by atoms with van der Waals surface area (Å²) in [4.78, 5) is 0. The van der Waals surface area contributed by atoms with Gasteiger partial charge in [0.2, 0.25) is 0 Å². The highest BCUT2D eigenvalue weighted by molar-refractivity contribution is 5.84. The van der Waals surface area contributed by atoms with Crippen molar-refractivity contribution in [2.75, 3.05) is 0 Å². The average Bonchev–Trinajstić information content (AvgIpc) is 2.98. The summed E-state index contributed by atoms with van der Waals surface area (Å²) < 4.78 is 0. The van der Waals surface area contributed by atoms with E-state index in [4.69, 9.17) is 0 Å². The Bertz CT molecular complexity index is 719. The first-order valence-corrected chi connectivity index (χ1v) is 8.56. The van der Waals surface area contributed by atoms with Crippen LogP contribution in [0.25, 0.3) is 17.2 Å². The quantitative estimate of drug-likeness (QED) is 0.628. The van der Waals surface area contributed by atoms with Gasteiger partial charge < -0.3 is 0 Å². The number of benzene rings is 2. The fourth-order valence-corrected chi connectivity index (χ4v) is 3.56. The molecule has 0 fully saturated rings. The second-order valence-electron chi connectivity index (χ2n) is 6.55. The van der Waals surface area contributed by atoms with Gasteiger partial charge in [-0.25, -0.2) is 0 Å². The Labute approximate surface area is 134 Å². The van der Waals surface area contributed by atoms with E-state index in [0.29, 0.717) is 5.92 Å². The van der Waals surface area contributed by atoms with Gasteiger partial charge in [0.15, 0.2) is 0 Å². The van der Waals surface area contributed by atoms with Crippen LogP contribution in [0.2, 0.25) is 0 Å². The third-order valence-electron chi connectivity index (χ3n) is 5.18. The maximum absolute atomic E-state index is 2.47. The van der Waals surface area contributed by atoms with Gasteiger partial charge in [0.25, 0.3) is 0 Å². The lowest BCUT2D eigenvalue weighted by molar-refractivity contribution is 0.647. The van der Waals surface area contributed by atoms with Crippen LogP contribution in [0.1, 0.15) is 49.4 Å². The van der Waals surface area contributed by atoms with Gasteiger partial charge in [-0.15, -0.1) is 0 Å². The van der Waals surface area contributed by atoms with Gasteiger partial charge in [0, 0.05) is 0 Å². The van der Waals surface area contributed by atoms with Gasteiger partial charge in [-0.05, 0) is 65.5 Å². The predicted molar refractivity (Wildman–Crippen MR) is 97.1 cm³/mol. The highest BCUT2D eigenvalue weighted by Gasteiger charge is 2.21. The Balaban J connectivity index is 2.18. The van der Waals surface area contributed by atoms with E-state index < -0.39 is 0 Å². The molecule has 0 amide bonds. The summed E-state index contributed by atoms with van der Waals surface area (Å²) in [5.74, 6) is 0.682. The van der Waals surface area contributed by atoms with Crippen LogP contribution < -0.4 is 0 Å². The number of hydrogen-bond donors (Lipinski definition) is 0. The van der Waals surface area contributed by atoms with Crippen molar-refractivity contribution in [3.63, 3.8) is 0 Å². The standard InChI is InChI=1S/C22H26/c1-5-15(3)19-13-18-12-11-16(4)22(21(18)14-19)20-10-8-7-9-17(20)6-2/h7-12,14-15H,5-6,13H2,1-4H3. The number of fused-ring (bicyclic) bond motifs is 1. The highest BCUT2D eigenvalue weighted by atomic mass is 14.3. The van der Waals surface area contributed by atoms with E-state index in [1.807, 2.05) is 0 Å². The van der Waals surface area contributed by atoms with Crippen molar-refractivity contribution in [3.8, 4) is 11.1 Å². The molecule has 3 rings (SSSR count). The monoisotopic (exact) mass is 290 g/mol. The summed E-state index contributed by atoms with van der Waals surface area (Å²) in [5.41, 5.74) is 10.3. The number of hydrogen-bond acceptors (Lipinski definition) is 0. The Morgan fingerprint density at radius 3 is 2.55 bits per heavy atom. The molecule has 1 unspecified atom stereocenters. The maximum Gasteiger partial charge on any atom is -0.00549 e. The lowest BCUT2D eigenvalue weighted by atomic mass is 9.89. The smallest absolute Gasteiger partial charge is 0.00549 e. The maximum atomic E-state index is 2.47. The van der Waals surface area contributed by atoms with Crippen LogP contribution in [0.5, 0.6) is 0 Å².